The highest BCUT2D eigenvalue weighted by atomic mass is 16.5. The molecule has 25 heavy (non-hydrogen) atoms. The first-order chi connectivity index (χ1) is 11.6. The van der Waals surface area contributed by atoms with Gasteiger partial charge in [-0.2, -0.15) is 0 Å². The van der Waals surface area contributed by atoms with Crippen LogP contribution in [0.25, 0.3) is 0 Å². The van der Waals surface area contributed by atoms with E-state index in [1.807, 2.05) is 0 Å². The zero-order chi connectivity index (χ0) is 19.6. The molecule has 0 aliphatic rings. The summed E-state index contributed by atoms with van der Waals surface area (Å²) in [4.78, 5) is 46.9. The lowest BCUT2D eigenvalue weighted by molar-refractivity contribution is -0.146. The molecule has 9 nitrogen and oxygen atoms in total. The standard InChI is InChI=1S/C16H29N3O6/c1-9(2)13(15(22)24-5)18-11(20)7-17-8-12(21)19-14(10(3)4)16(23)25-6/h9-10,13-14,17H,7-8H2,1-6H3,(H,18,20)(H,19,21)/t13-,14-/m0/s1. The molecule has 144 valence electrons. The summed E-state index contributed by atoms with van der Waals surface area (Å²) in [6, 6.07) is -1.50. The van der Waals surface area contributed by atoms with Crippen LogP contribution in [0.5, 0.6) is 0 Å². The first kappa shape index (κ1) is 22.8. The van der Waals surface area contributed by atoms with Crippen molar-refractivity contribution >= 4 is 23.8 Å². The average molecular weight is 359 g/mol. The van der Waals surface area contributed by atoms with Gasteiger partial charge in [0.05, 0.1) is 27.3 Å². The number of nitrogens with one attached hydrogen (secondary N) is 3. The lowest BCUT2D eigenvalue weighted by atomic mass is 10.0. The van der Waals surface area contributed by atoms with E-state index >= 15 is 0 Å². The van der Waals surface area contributed by atoms with Crippen molar-refractivity contribution in [2.24, 2.45) is 11.8 Å². The fourth-order valence-electron chi connectivity index (χ4n) is 1.99. The van der Waals surface area contributed by atoms with Crippen molar-refractivity contribution in [3.05, 3.63) is 0 Å². The Morgan fingerprint density at radius 1 is 0.720 bits per heavy atom. The molecular weight excluding hydrogens is 330 g/mol. The van der Waals surface area contributed by atoms with E-state index in [-0.39, 0.29) is 24.9 Å². The Balaban J connectivity index is 4.37. The molecule has 0 aromatic carbocycles. The van der Waals surface area contributed by atoms with Gasteiger partial charge >= 0.3 is 11.9 Å². The van der Waals surface area contributed by atoms with Gasteiger partial charge in [-0.1, -0.05) is 27.7 Å². The monoisotopic (exact) mass is 359 g/mol. The Labute approximate surface area is 148 Å². The predicted molar refractivity (Wildman–Crippen MR) is 90.4 cm³/mol. The molecule has 0 saturated carbocycles. The van der Waals surface area contributed by atoms with Crippen LogP contribution in [0.3, 0.4) is 0 Å². The van der Waals surface area contributed by atoms with E-state index in [0.717, 1.165) is 0 Å². The summed E-state index contributed by atoms with van der Waals surface area (Å²) in [5.74, 6) is -2.20. The average Bonchev–Trinajstić information content (AvgIpc) is 2.55. The maximum atomic E-state index is 11.9. The molecule has 0 rings (SSSR count). The van der Waals surface area contributed by atoms with Crippen molar-refractivity contribution in [3.63, 3.8) is 0 Å². The van der Waals surface area contributed by atoms with Gasteiger partial charge in [-0.25, -0.2) is 9.59 Å². The van der Waals surface area contributed by atoms with Gasteiger partial charge < -0.3 is 20.1 Å². The fourth-order valence-corrected chi connectivity index (χ4v) is 1.99. The van der Waals surface area contributed by atoms with Crippen LogP contribution in [0.1, 0.15) is 27.7 Å². The first-order valence-corrected chi connectivity index (χ1v) is 8.09. The molecule has 0 fully saturated rings. The second-order valence-corrected chi connectivity index (χ2v) is 6.23. The van der Waals surface area contributed by atoms with Crippen LogP contribution in [0, 0.1) is 11.8 Å². The van der Waals surface area contributed by atoms with E-state index in [1.54, 1.807) is 27.7 Å². The van der Waals surface area contributed by atoms with E-state index in [4.69, 9.17) is 0 Å². The highest BCUT2D eigenvalue weighted by Gasteiger charge is 2.26. The van der Waals surface area contributed by atoms with E-state index in [2.05, 4.69) is 25.4 Å². The lowest BCUT2D eigenvalue weighted by Crippen LogP contribution is -2.50. The van der Waals surface area contributed by atoms with Gasteiger partial charge in [-0.3, -0.25) is 14.9 Å². The molecule has 0 aromatic heterocycles. The number of hydrogen-bond donors (Lipinski definition) is 3. The molecule has 0 aromatic rings. The molecule has 0 spiro atoms. The molecule has 2 atom stereocenters. The van der Waals surface area contributed by atoms with Crippen molar-refractivity contribution in [1.29, 1.82) is 0 Å². The highest BCUT2D eigenvalue weighted by Crippen LogP contribution is 2.04. The topological polar surface area (TPSA) is 123 Å². The zero-order valence-electron chi connectivity index (χ0n) is 15.7. The van der Waals surface area contributed by atoms with E-state index in [1.165, 1.54) is 14.2 Å². The number of ether oxygens (including phenoxy) is 2. The van der Waals surface area contributed by atoms with Gasteiger partial charge in [0.15, 0.2) is 0 Å². The molecule has 9 heteroatoms. The number of esters is 2. The van der Waals surface area contributed by atoms with Gasteiger partial charge in [0.1, 0.15) is 12.1 Å². The maximum Gasteiger partial charge on any atom is 0.328 e. The van der Waals surface area contributed by atoms with Gasteiger partial charge in [0.25, 0.3) is 0 Å². The Morgan fingerprint density at radius 3 is 1.28 bits per heavy atom. The van der Waals surface area contributed by atoms with Crippen molar-refractivity contribution in [2.75, 3.05) is 27.3 Å². The highest BCUT2D eigenvalue weighted by molar-refractivity contribution is 5.87. The second-order valence-electron chi connectivity index (χ2n) is 6.23. The number of hydrogen-bond acceptors (Lipinski definition) is 7. The molecule has 2 amide bonds. The Hall–Kier alpha value is -2.16. The van der Waals surface area contributed by atoms with Crippen LogP contribution in [0.2, 0.25) is 0 Å². The minimum atomic E-state index is -0.752. The van der Waals surface area contributed by atoms with E-state index < -0.39 is 35.8 Å². The van der Waals surface area contributed by atoms with Crippen LogP contribution in [-0.4, -0.2) is 63.1 Å². The third-order valence-electron chi connectivity index (χ3n) is 3.45. The Kier molecular flexibility index (Phi) is 10.4. The molecule has 0 aliphatic heterocycles. The molecule has 0 bridgehead atoms. The summed E-state index contributed by atoms with van der Waals surface area (Å²) in [7, 11) is 2.50. The summed E-state index contributed by atoms with van der Waals surface area (Å²) in [5.41, 5.74) is 0. The third kappa shape index (κ3) is 8.48. The Bertz CT molecular complexity index is 436. The van der Waals surface area contributed by atoms with Crippen molar-refractivity contribution < 1.29 is 28.7 Å². The van der Waals surface area contributed by atoms with Crippen LogP contribution >= 0.6 is 0 Å². The van der Waals surface area contributed by atoms with Crippen LogP contribution in [0.4, 0.5) is 0 Å². The molecule has 0 unspecified atom stereocenters. The summed E-state index contributed by atoms with van der Waals surface area (Å²) in [6.07, 6.45) is 0. The van der Waals surface area contributed by atoms with Crippen LogP contribution in [-0.2, 0) is 28.7 Å². The number of methoxy groups -OCH3 is 2. The zero-order valence-corrected chi connectivity index (χ0v) is 15.7. The number of amides is 2. The molecule has 0 radical (unpaired) electrons. The lowest BCUT2D eigenvalue weighted by Gasteiger charge is -2.21. The summed E-state index contributed by atoms with van der Waals surface area (Å²) >= 11 is 0. The quantitative estimate of drug-likeness (QED) is 0.437. The smallest absolute Gasteiger partial charge is 0.328 e. The normalized spacial score (nSPS) is 13.1. The summed E-state index contributed by atoms with van der Waals surface area (Å²) < 4.78 is 9.27. The second kappa shape index (κ2) is 11.4. The molecule has 3 N–H and O–H groups in total. The van der Waals surface area contributed by atoms with E-state index in [0.29, 0.717) is 0 Å². The van der Waals surface area contributed by atoms with Crippen molar-refractivity contribution in [1.82, 2.24) is 16.0 Å². The minimum Gasteiger partial charge on any atom is -0.467 e. The van der Waals surface area contributed by atoms with Gasteiger partial charge in [-0.05, 0) is 11.8 Å². The maximum absolute atomic E-state index is 11.9. The van der Waals surface area contributed by atoms with Crippen LogP contribution in [0.15, 0.2) is 0 Å². The number of rotatable bonds is 10. The fraction of sp³-hybridized carbons (Fsp3) is 0.750. The van der Waals surface area contributed by atoms with Crippen molar-refractivity contribution in [2.45, 2.75) is 39.8 Å². The molecule has 0 heterocycles. The van der Waals surface area contributed by atoms with Crippen molar-refractivity contribution in [3.8, 4) is 0 Å². The first-order valence-electron chi connectivity index (χ1n) is 8.09. The summed E-state index contributed by atoms with van der Waals surface area (Å²) in [5, 5.41) is 7.75. The predicted octanol–water partition coefficient (Wildman–Crippen LogP) is -0.796. The minimum absolute atomic E-state index is 0.133. The van der Waals surface area contributed by atoms with Crippen LogP contribution < -0.4 is 16.0 Å². The third-order valence-corrected chi connectivity index (χ3v) is 3.45. The largest absolute Gasteiger partial charge is 0.467 e. The van der Waals surface area contributed by atoms with Gasteiger partial charge in [0, 0.05) is 0 Å². The van der Waals surface area contributed by atoms with Gasteiger partial charge in [0.2, 0.25) is 11.8 Å². The van der Waals surface area contributed by atoms with E-state index in [9.17, 15) is 19.2 Å². The SMILES string of the molecule is COC(=O)[C@@H](NC(=O)CNCC(=O)N[C@H](C(=O)OC)C(C)C)C(C)C. The van der Waals surface area contributed by atoms with Gasteiger partial charge in [-0.15, -0.1) is 0 Å². The Morgan fingerprint density at radius 2 is 1.04 bits per heavy atom. The number of carbonyl (C=O) groups excluding carboxylic acids is 4. The molecular formula is C16H29N3O6. The molecule has 0 saturated heterocycles. The molecule has 0 aliphatic carbocycles. The number of carbonyl (C=O) groups is 4. The summed E-state index contributed by atoms with van der Waals surface area (Å²) in [6.45, 7) is 6.81.